The topological polar surface area (TPSA) is 89.8 Å². The van der Waals surface area contributed by atoms with Gasteiger partial charge < -0.3 is 0 Å². The molecule has 2 rings (SSSR count). The largest absolute Gasteiger partial charge is 0.272 e. The van der Waals surface area contributed by atoms with Crippen molar-refractivity contribution in [3.63, 3.8) is 0 Å². The van der Waals surface area contributed by atoms with Gasteiger partial charge in [-0.1, -0.05) is 0 Å². The Morgan fingerprint density at radius 1 is 1.53 bits per heavy atom. The molecule has 2 heterocycles. The van der Waals surface area contributed by atoms with Gasteiger partial charge in [0, 0.05) is 12.7 Å². The Hall–Kier alpha value is -1.00. The molecule has 0 saturated heterocycles. The highest BCUT2D eigenvalue weighted by Crippen LogP contribution is 2.22. The van der Waals surface area contributed by atoms with Crippen LogP contribution in [-0.2, 0) is 16.6 Å². The second kappa shape index (κ2) is 4.70. The number of hydrogen-bond donors (Lipinski definition) is 1. The minimum Gasteiger partial charge on any atom is -0.272 e. The van der Waals surface area contributed by atoms with Crippen molar-refractivity contribution in [1.82, 2.24) is 18.5 Å². The molecule has 0 saturated carbocycles. The molecular formula is C7H8BrN5O2S2. The third-order valence-electron chi connectivity index (χ3n) is 1.92. The number of anilines is 1. The maximum Gasteiger partial charge on any atom is 0.266 e. The smallest absolute Gasteiger partial charge is 0.266 e. The standard InChI is InChI=1S/C7H8BrN5O2S2/c1-2-13-4-5(3-9-13)17(14,15)12-7-6(8)10-16-11-7/h3-4H,2H2,1H3,(H,11,12). The van der Waals surface area contributed by atoms with Gasteiger partial charge in [0.2, 0.25) is 0 Å². The molecule has 0 bridgehead atoms. The molecule has 0 spiro atoms. The third kappa shape index (κ3) is 2.64. The van der Waals surface area contributed by atoms with E-state index in [-0.39, 0.29) is 10.7 Å². The number of aryl methyl sites for hydroxylation is 1. The van der Waals surface area contributed by atoms with E-state index < -0.39 is 10.0 Å². The van der Waals surface area contributed by atoms with Crippen LogP contribution in [0.2, 0.25) is 0 Å². The Bertz CT molecular complexity index is 620. The fourth-order valence-electron chi connectivity index (χ4n) is 1.08. The van der Waals surface area contributed by atoms with Gasteiger partial charge in [0.25, 0.3) is 10.0 Å². The van der Waals surface area contributed by atoms with Crippen molar-refractivity contribution in [3.05, 3.63) is 17.0 Å². The summed E-state index contributed by atoms with van der Waals surface area (Å²) in [5, 5.41) is 3.91. The van der Waals surface area contributed by atoms with Crippen LogP contribution in [0, 0.1) is 0 Å². The fourth-order valence-corrected chi connectivity index (χ4v) is 3.14. The van der Waals surface area contributed by atoms with Crippen LogP contribution < -0.4 is 4.72 Å². The number of rotatable bonds is 4. The van der Waals surface area contributed by atoms with E-state index in [9.17, 15) is 8.42 Å². The molecule has 0 aliphatic heterocycles. The van der Waals surface area contributed by atoms with Crippen LogP contribution in [0.15, 0.2) is 21.9 Å². The average Bonchev–Trinajstić information content (AvgIpc) is 2.88. The number of nitrogens with one attached hydrogen (secondary N) is 1. The predicted octanol–water partition coefficient (Wildman–Crippen LogP) is 1.32. The number of sulfonamides is 1. The number of aromatic nitrogens is 4. The van der Waals surface area contributed by atoms with Crippen molar-refractivity contribution in [3.8, 4) is 0 Å². The van der Waals surface area contributed by atoms with E-state index in [1.165, 1.54) is 17.1 Å². The minimum absolute atomic E-state index is 0.0965. The normalized spacial score (nSPS) is 11.6. The van der Waals surface area contributed by atoms with E-state index in [1.54, 1.807) is 0 Å². The van der Waals surface area contributed by atoms with E-state index in [0.29, 0.717) is 11.1 Å². The molecule has 17 heavy (non-hydrogen) atoms. The SMILES string of the molecule is CCn1cc(S(=O)(=O)Nc2nsnc2Br)cn1. The Morgan fingerprint density at radius 2 is 2.29 bits per heavy atom. The maximum absolute atomic E-state index is 11.9. The lowest BCUT2D eigenvalue weighted by Crippen LogP contribution is -2.12. The third-order valence-corrected chi connectivity index (χ3v) is 4.53. The van der Waals surface area contributed by atoms with Crippen molar-refractivity contribution in [2.45, 2.75) is 18.4 Å². The molecule has 2 aromatic rings. The van der Waals surface area contributed by atoms with E-state index in [1.807, 2.05) is 6.92 Å². The highest BCUT2D eigenvalue weighted by Gasteiger charge is 2.19. The first kappa shape index (κ1) is 12.5. The van der Waals surface area contributed by atoms with Gasteiger partial charge in [-0.2, -0.15) is 13.8 Å². The van der Waals surface area contributed by atoms with Gasteiger partial charge >= 0.3 is 0 Å². The second-order valence-electron chi connectivity index (χ2n) is 3.04. The molecule has 0 aliphatic carbocycles. The zero-order chi connectivity index (χ0) is 12.5. The van der Waals surface area contributed by atoms with E-state index in [4.69, 9.17) is 0 Å². The van der Waals surface area contributed by atoms with Gasteiger partial charge in [-0.25, -0.2) is 8.42 Å². The summed E-state index contributed by atoms with van der Waals surface area (Å²) in [7, 11) is -3.65. The molecule has 0 unspecified atom stereocenters. The van der Waals surface area contributed by atoms with E-state index in [2.05, 4.69) is 34.5 Å². The summed E-state index contributed by atoms with van der Waals surface area (Å²) in [4.78, 5) is 0.0965. The van der Waals surface area contributed by atoms with Gasteiger partial charge in [0.15, 0.2) is 10.4 Å². The molecule has 0 atom stereocenters. The lowest BCUT2D eigenvalue weighted by Gasteiger charge is -2.01. The zero-order valence-corrected chi connectivity index (χ0v) is 11.9. The highest BCUT2D eigenvalue weighted by molar-refractivity contribution is 9.10. The first-order valence-electron chi connectivity index (χ1n) is 4.56. The van der Waals surface area contributed by atoms with Gasteiger partial charge in [-0.3, -0.25) is 9.40 Å². The number of nitrogens with zero attached hydrogens (tertiary/aromatic N) is 4. The molecule has 0 aliphatic rings. The van der Waals surface area contributed by atoms with E-state index in [0.717, 1.165) is 11.7 Å². The van der Waals surface area contributed by atoms with Crippen LogP contribution in [0.5, 0.6) is 0 Å². The Kier molecular flexibility index (Phi) is 3.45. The minimum atomic E-state index is -3.65. The van der Waals surface area contributed by atoms with Crippen molar-refractivity contribution in [1.29, 1.82) is 0 Å². The number of hydrogen-bond acceptors (Lipinski definition) is 6. The van der Waals surface area contributed by atoms with Crippen molar-refractivity contribution in [2.75, 3.05) is 4.72 Å². The first-order valence-corrected chi connectivity index (χ1v) is 7.57. The first-order chi connectivity index (χ1) is 8.03. The summed E-state index contributed by atoms with van der Waals surface area (Å²) in [5.74, 6) is 0.180. The molecule has 2 aromatic heterocycles. The van der Waals surface area contributed by atoms with Gasteiger partial charge in [-0.05, 0) is 22.9 Å². The predicted molar refractivity (Wildman–Crippen MR) is 66.3 cm³/mol. The van der Waals surface area contributed by atoms with Crippen LogP contribution in [-0.4, -0.2) is 26.9 Å². The van der Waals surface area contributed by atoms with Gasteiger partial charge in [0.05, 0.1) is 17.9 Å². The summed E-state index contributed by atoms with van der Waals surface area (Å²) in [6.07, 6.45) is 2.75. The molecule has 7 nitrogen and oxygen atoms in total. The Morgan fingerprint density at radius 3 is 2.82 bits per heavy atom. The number of halogens is 1. The molecule has 0 amide bonds. The van der Waals surface area contributed by atoms with Crippen LogP contribution in [0.1, 0.15) is 6.92 Å². The molecule has 1 N–H and O–H groups in total. The Labute approximate surface area is 110 Å². The van der Waals surface area contributed by atoms with Crippen molar-refractivity contribution in [2.24, 2.45) is 0 Å². The molecular weight excluding hydrogens is 330 g/mol. The average molecular weight is 338 g/mol. The summed E-state index contributed by atoms with van der Waals surface area (Å²) in [6, 6.07) is 0. The summed E-state index contributed by atoms with van der Waals surface area (Å²) in [5.41, 5.74) is 0. The highest BCUT2D eigenvalue weighted by atomic mass is 79.9. The fraction of sp³-hybridized carbons (Fsp3) is 0.286. The van der Waals surface area contributed by atoms with Crippen LogP contribution >= 0.6 is 27.7 Å². The van der Waals surface area contributed by atoms with Gasteiger partial charge in [0.1, 0.15) is 4.90 Å². The Balaban J connectivity index is 2.28. The van der Waals surface area contributed by atoms with E-state index >= 15 is 0 Å². The molecule has 0 radical (unpaired) electrons. The van der Waals surface area contributed by atoms with Crippen molar-refractivity contribution >= 4 is 43.5 Å². The summed E-state index contributed by atoms with van der Waals surface area (Å²) >= 11 is 4.02. The molecule has 0 aromatic carbocycles. The van der Waals surface area contributed by atoms with Gasteiger partial charge in [-0.15, -0.1) is 0 Å². The second-order valence-corrected chi connectivity index (χ2v) is 6.00. The van der Waals surface area contributed by atoms with Crippen molar-refractivity contribution < 1.29 is 8.42 Å². The molecule has 92 valence electrons. The summed E-state index contributed by atoms with van der Waals surface area (Å²) < 4.78 is 35.7. The summed E-state index contributed by atoms with van der Waals surface area (Å²) in [6.45, 7) is 2.48. The quantitative estimate of drug-likeness (QED) is 0.908. The maximum atomic E-state index is 11.9. The zero-order valence-electron chi connectivity index (χ0n) is 8.66. The lowest BCUT2D eigenvalue weighted by molar-refractivity contribution is 0.600. The lowest BCUT2D eigenvalue weighted by atomic mass is 10.7. The van der Waals surface area contributed by atoms with Crippen LogP contribution in [0.4, 0.5) is 5.82 Å². The monoisotopic (exact) mass is 337 g/mol. The molecule has 0 fully saturated rings. The van der Waals surface area contributed by atoms with Crippen LogP contribution in [0.25, 0.3) is 0 Å². The van der Waals surface area contributed by atoms with Crippen LogP contribution in [0.3, 0.4) is 0 Å². The molecule has 10 heteroatoms.